The maximum Gasteiger partial charge on any atom is 0.291 e. The van der Waals surface area contributed by atoms with Gasteiger partial charge in [0.05, 0.1) is 21.8 Å². The quantitative estimate of drug-likeness (QED) is 0.617. The monoisotopic (exact) mass is 458 g/mol. The third kappa shape index (κ3) is 5.16. The second-order valence-electron chi connectivity index (χ2n) is 6.69. The zero-order valence-corrected chi connectivity index (χ0v) is 17.7. The first-order valence-electron chi connectivity index (χ1n) is 9.11. The number of sulfonamides is 1. The molecule has 0 saturated heterocycles. The van der Waals surface area contributed by atoms with Gasteiger partial charge in [0.2, 0.25) is 15.9 Å². The van der Waals surface area contributed by atoms with Crippen molar-refractivity contribution in [3.8, 4) is 5.69 Å². The summed E-state index contributed by atoms with van der Waals surface area (Å²) in [5.41, 5.74) is -0.262. The molecule has 29 heavy (non-hydrogen) atoms. The Hall–Kier alpha value is -1.94. The van der Waals surface area contributed by atoms with Gasteiger partial charge in [0.15, 0.2) is 0 Å². The molecule has 156 valence electrons. The van der Waals surface area contributed by atoms with Crippen LogP contribution in [0.1, 0.15) is 25.7 Å². The molecule has 0 spiro atoms. The Morgan fingerprint density at radius 1 is 1.14 bits per heavy atom. The normalized spacial score (nSPS) is 14.8. The number of carbonyl (C=O) groups excluding carboxylic acids is 1. The maximum atomic E-state index is 12.4. The molecular weight excluding hydrogens is 439 g/mol. The number of rotatable bonds is 7. The Balaban J connectivity index is 1.60. The Morgan fingerprint density at radius 2 is 1.79 bits per heavy atom. The second kappa shape index (κ2) is 9.25. The summed E-state index contributed by atoms with van der Waals surface area (Å²) >= 11 is 11.6. The number of carbonyl (C=O) groups is 1. The molecule has 0 aliphatic heterocycles. The van der Waals surface area contributed by atoms with E-state index in [0.717, 1.165) is 30.4 Å². The van der Waals surface area contributed by atoms with E-state index >= 15 is 0 Å². The molecule has 0 radical (unpaired) electrons. The zero-order chi connectivity index (χ0) is 21.0. The van der Waals surface area contributed by atoms with Crippen LogP contribution in [0.15, 0.2) is 40.2 Å². The van der Waals surface area contributed by atoms with E-state index in [1.54, 1.807) is 0 Å². The van der Waals surface area contributed by atoms with Crippen molar-refractivity contribution >= 4 is 39.1 Å². The third-order valence-corrected chi connectivity index (χ3v) is 6.94. The molecule has 1 aromatic heterocycles. The molecule has 1 aromatic carbocycles. The first-order valence-corrected chi connectivity index (χ1v) is 11.3. The van der Waals surface area contributed by atoms with E-state index in [1.807, 2.05) is 0 Å². The lowest BCUT2D eigenvalue weighted by atomic mass is 10.1. The SMILES string of the molecule is O=C(NCCNS(=O)(=O)c1ccc(-n2ncc(Cl)c(Cl)c2=O)cc1)C1CCCC1. The summed E-state index contributed by atoms with van der Waals surface area (Å²) in [6.07, 6.45) is 5.13. The summed E-state index contributed by atoms with van der Waals surface area (Å²) in [5, 5.41) is 6.52. The van der Waals surface area contributed by atoms with E-state index < -0.39 is 15.6 Å². The van der Waals surface area contributed by atoms with Crippen LogP contribution in [0.3, 0.4) is 0 Å². The predicted octanol–water partition coefficient (Wildman–Crippen LogP) is 2.12. The number of nitrogens with one attached hydrogen (secondary N) is 2. The van der Waals surface area contributed by atoms with Gasteiger partial charge >= 0.3 is 0 Å². The van der Waals surface area contributed by atoms with Gasteiger partial charge in [-0.1, -0.05) is 36.0 Å². The lowest BCUT2D eigenvalue weighted by Gasteiger charge is -2.11. The highest BCUT2D eigenvalue weighted by Crippen LogP contribution is 2.24. The summed E-state index contributed by atoms with van der Waals surface area (Å²) in [4.78, 5) is 24.1. The van der Waals surface area contributed by atoms with Gasteiger partial charge in [-0.2, -0.15) is 9.78 Å². The highest BCUT2D eigenvalue weighted by molar-refractivity contribution is 7.89. The zero-order valence-electron chi connectivity index (χ0n) is 15.4. The number of hydrogen-bond acceptors (Lipinski definition) is 5. The fourth-order valence-corrected chi connectivity index (χ4v) is 4.44. The second-order valence-corrected chi connectivity index (χ2v) is 9.24. The smallest absolute Gasteiger partial charge is 0.291 e. The number of benzene rings is 1. The Labute approximate surface area is 178 Å². The van der Waals surface area contributed by atoms with Gasteiger partial charge in [0, 0.05) is 19.0 Å². The Morgan fingerprint density at radius 3 is 2.45 bits per heavy atom. The number of aromatic nitrogens is 2. The van der Waals surface area contributed by atoms with Crippen molar-refractivity contribution in [2.24, 2.45) is 5.92 Å². The van der Waals surface area contributed by atoms with Gasteiger partial charge in [0.25, 0.3) is 5.56 Å². The van der Waals surface area contributed by atoms with E-state index in [-0.39, 0.29) is 39.9 Å². The number of hydrogen-bond donors (Lipinski definition) is 2. The average Bonchev–Trinajstić information content (AvgIpc) is 3.25. The minimum atomic E-state index is -3.76. The maximum absolute atomic E-state index is 12.4. The predicted molar refractivity (Wildman–Crippen MR) is 110 cm³/mol. The molecular formula is C18H20Cl2N4O4S. The first kappa shape index (κ1) is 21.8. The summed E-state index contributed by atoms with van der Waals surface area (Å²) < 4.78 is 28.3. The molecule has 3 rings (SSSR count). The average molecular weight is 459 g/mol. The molecule has 0 unspecified atom stereocenters. The van der Waals surface area contributed by atoms with Crippen LogP contribution in [0, 0.1) is 5.92 Å². The number of nitrogens with zero attached hydrogens (tertiary/aromatic N) is 2. The van der Waals surface area contributed by atoms with E-state index in [4.69, 9.17) is 23.2 Å². The van der Waals surface area contributed by atoms with Crippen molar-refractivity contribution in [2.75, 3.05) is 13.1 Å². The van der Waals surface area contributed by atoms with Crippen LogP contribution in [0.5, 0.6) is 0 Å². The van der Waals surface area contributed by atoms with Crippen LogP contribution >= 0.6 is 23.2 Å². The van der Waals surface area contributed by atoms with Crippen molar-refractivity contribution in [1.29, 1.82) is 0 Å². The van der Waals surface area contributed by atoms with E-state index in [9.17, 15) is 18.0 Å². The first-order chi connectivity index (χ1) is 13.8. The van der Waals surface area contributed by atoms with Gasteiger partial charge in [-0.05, 0) is 37.1 Å². The molecule has 1 heterocycles. The summed E-state index contributed by atoms with van der Waals surface area (Å²) in [7, 11) is -3.76. The van der Waals surface area contributed by atoms with E-state index in [2.05, 4.69) is 15.1 Å². The highest BCUT2D eigenvalue weighted by atomic mass is 35.5. The third-order valence-electron chi connectivity index (χ3n) is 4.71. The molecule has 0 atom stereocenters. The van der Waals surface area contributed by atoms with Gasteiger partial charge < -0.3 is 5.32 Å². The standard InChI is InChI=1S/C18H20Cl2N4O4S/c19-15-11-22-24(18(26)16(15)20)13-5-7-14(8-6-13)29(27,28)23-10-9-21-17(25)12-3-1-2-4-12/h5-8,11-12,23H,1-4,9-10H2,(H,21,25). The Bertz CT molecular complexity index is 1050. The number of halogens is 2. The fourth-order valence-electron chi connectivity index (χ4n) is 3.15. The summed E-state index contributed by atoms with van der Waals surface area (Å²) in [6, 6.07) is 5.58. The molecule has 8 nitrogen and oxygen atoms in total. The largest absolute Gasteiger partial charge is 0.355 e. The fraction of sp³-hybridized carbons (Fsp3) is 0.389. The minimum Gasteiger partial charge on any atom is -0.355 e. The van der Waals surface area contributed by atoms with Crippen molar-refractivity contribution in [2.45, 2.75) is 30.6 Å². The molecule has 2 aromatic rings. The van der Waals surface area contributed by atoms with Crippen molar-refractivity contribution in [3.05, 3.63) is 50.9 Å². The highest BCUT2D eigenvalue weighted by Gasteiger charge is 2.22. The molecule has 1 aliphatic rings. The topological polar surface area (TPSA) is 110 Å². The Kier molecular flexibility index (Phi) is 6.94. The summed E-state index contributed by atoms with van der Waals surface area (Å²) in [6.45, 7) is 0.297. The number of amides is 1. The molecule has 11 heteroatoms. The summed E-state index contributed by atoms with van der Waals surface area (Å²) in [5.74, 6) is 0.0168. The van der Waals surface area contributed by atoms with Gasteiger partial charge in [-0.15, -0.1) is 0 Å². The molecule has 0 bridgehead atoms. The van der Waals surface area contributed by atoms with E-state index in [0.29, 0.717) is 5.69 Å². The van der Waals surface area contributed by atoms with Crippen molar-refractivity contribution in [1.82, 2.24) is 19.8 Å². The molecule has 1 saturated carbocycles. The van der Waals surface area contributed by atoms with Gasteiger partial charge in [0.1, 0.15) is 5.02 Å². The lowest BCUT2D eigenvalue weighted by molar-refractivity contribution is -0.124. The minimum absolute atomic E-state index is 0.0226. The van der Waals surface area contributed by atoms with E-state index in [1.165, 1.54) is 30.5 Å². The molecule has 1 aliphatic carbocycles. The van der Waals surface area contributed by atoms with Gasteiger partial charge in [-0.25, -0.2) is 13.1 Å². The van der Waals surface area contributed by atoms with Crippen LogP contribution in [-0.2, 0) is 14.8 Å². The molecule has 1 fully saturated rings. The molecule has 2 N–H and O–H groups in total. The van der Waals surface area contributed by atoms with Crippen LogP contribution in [0.4, 0.5) is 0 Å². The van der Waals surface area contributed by atoms with Crippen LogP contribution in [0.2, 0.25) is 10.0 Å². The molecule has 1 amide bonds. The van der Waals surface area contributed by atoms with Crippen LogP contribution in [0.25, 0.3) is 5.69 Å². The van der Waals surface area contributed by atoms with Crippen molar-refractivity contribution < 1.29 is 13.2 Å². The lowest BCUT2D eigenvalue weighted by Crippen LogP contribution is -2.37. The van der Waals surface area contributed by atoms with Crippen LogP contribution in [-0.4, -0.2) is 37.2 Å². The van der Waals surface area contributed by atoms with Crippen LogP contribution < -0.4 is 15.6 Å². The van der Waals surface area contributed by atoms with Crippen molar-refractivity contribution in [3.63, 3.8) is 0 Å². The van der Waals surface area contributed by atoms with Gasteiger partial charge in [-0.3, -0.25) is 9.59 Å².